The Bertz CT molecular complexity index is 718. The molecule has 2 heterocycles. The normalized spacial score (nSPS) is 12.3. The summed E-state index contributed by atoms with van der Waals surface area (Å²) in [6.07, 6.45) is 2.77. The number of pyridine rings is 1. The quantitative estimate of drug-likeness (QED) is 0.871. The van der Waals surface area contributed by atoms with E-state index in [0.717, 1.165) is 6.42 Å². The molecule has 0 fully saturated rings. The van der Waals surface area contributed by atoms with Gasteiger partial charge in [-0.3, -0.25) is 4.79 Å². The van der Waals surface area contributed by atoms with Gasteiger partial charge in [-0.25, -0.2) is 4.79 Å². The fraction of sp³-hybridized carbons (Fsp3) is 0.385. The smallest absolute Gasteiger partial charge is 0.352 e. The molecule has 7 nitrogen and oxygen atoms in total. The van der Waals surface area contributed by atoms with Gasteiger partial charge >= 0.3 is 5.97 Å². The third-order valence-electron chi connectivity index (χ3n) is 3.07. The molecule has 2 N–H and O–H groups in total. The number of nitrogens with zero attached hydrogens (tertiary/aromatic N) is 2. The molecule has 8 heteroatoms. The summed E-state index contributed by atoms with van der Waals surface area (Å²) in [7, 11) is 0. The standard InChI is InChI=1S/C13H15N3O4S/c1-4-8(21-3)12-15-10(16-20-12)7-5-6(2)9(13(18)19)14-11(7)17/h5,8H,4H2,1-3H3,(H,14,17)(H,18,19). The number of aromatic carboxylic acids is 1. The van der Waals surface area contributed by atoms with Crippen LogP contribution >= 0.6 is 11.8 Å². The highest BCUT2D eigenvalue weighted by Crippen LogP contribution is 2.29. The second-order valence-corrected chi connectivity index (χ2v) is 5.50. The van der Waals surface area contributed by atoms with Crippen LogP contribution in [0.2, 0.25) is 0 Å². The molecule has 0 aliphatic carbocycles. The van der Waals surface area contributed by atoms with E-state index in [9.17, 15) is 9.59 Å². The van der Waals surface area contributed by atoms with E-state index in [-0.39, 0.29) is 22.3 Å². The van der Waals surface area contributed by atoms with Crippen molar-refractivity contribution in [1.82, 2.24) is 15.1 Å². The molecule has 2 aromatic heterocycles. The average Bonchev–Trinajstić information content (AvgIpc) is 2.91. The van der Waals surface area contributed by atoms with Crippen molar-refractivity contribution in [3.05, 3.63) is 33.6 Å². The number of aryl methyl sites for hydroxylation is 1. The minimum Gasteiger partial charge on any atom is -0.477 e. The number of thioether (sulfide) groups is 1. The number of hydrogen-bond acceptors (Lipinski definition) is 6. The van der Waals surface area contributed by atoms with Crippen molar-refractivity contribution in [3.8, 4) is 11.4 Å². The molecular formula is C13H15N3O4S. The third kappa shape index (κ3) is 2.99. The number of H-pyrrole nitrogens is 1. The number of hydrogen-bond donors (Lipinski definition) is 2. The van der Waals surface area contributed by atoms with Crippen LogP contribution in [0.3, 0.4) is 0 Å². The summed E-state index contributed by atoms with van der Waals surface area (Å²) in [6.45, 7) is 3.60. The predicted octanol–water partition coefficient (Wildman–Crippen LogP) is 2.25. The first-order valence-electron chi connectivity index (χ1n) is 6.31. The topological polar surface area (TPSA) is 109 Å². The van der Waals surface area contributed by atoms with E-state index in [1.807, 2.05) is 13.2 Å². The number of rotatable bonds is 5. The molecule has 0 aromatic carbocycles. The van der Waals surface area contributed by atoms with Crippen LogP contribution in [0.5, 0.6) is 0 Å². The fourth-order valence-electron chi connectivity index (χ4n) is 1.94. The monoisotopic (exact) mass is 309 g/mol. The van der Waals surface area contributed by atoms with Crippen LogP contribution in [0, 0.1) is 6.92 Å². The SMILES string of the molecule is CCC(SC)c1nc(-c2cc(C)c(C(=O)O)[nH]c2=O)no1. The molecule has 0 radical (unpaired) electrons. The zero-order valence-corrected chi connectivity index (χ0v) is 12.7. The molecule has 2 aromatic rings. The molecule has 2 rings (SSSR count). The van der Waals surface area contributed by atoms with Gasteiger partial charge in [0.1, 0.15) is 5.69 Å². The van der Waals surface area contributed by atoms with Gasteiger partial charge in [-0.15, -0.1) is 0 Å². The first kappa shape index (κ1) is 15.3. The third-order valence-corrected chi connectivity index (χ3v) is 4.17. The average molecular weight is 309 g/mol. The van der Waals surface area contributed by atoms with E-state index in [1.54, 1.807) is 18.7 Å². The number of aromatic amines is 1. The van der Waals surface area contributed by atoms with Crippen LogP contribution in [0.15, 0.2) is 15.4 Å². The molecule has 0 bridgehead atoms. The molecule has 1 atom stereocenters. The van der Waals surface area contributed by atoms with Gasteiger partial charge < -0.3 is 14.6 Å². The number of carbonyl (C=O) groups is 1. The molecule has 112 valence electrons. The Labute approximate surface area is 124 Å². The maximum atomic E-state index is 12.0. The van der Waals surface area contributed by atoms with Gasteiger partial charge in [0.25, 0.3) is 5.56 Å². The minimum atomic E-state index is -1.18. The number of nitrogens with one attached hydrogen (secondary N) is 1. The summed E-state index contributed by atoms with van der Waals surface area (Å²) in [5.74, 6) is -0.559. The zero-order valence-electron chi connectivity index (χ0n) is 11.8. The van der Waals surface area contributed by atoms with Gasteiger partial charge in [0, 0.05) is 0 Å². The second-order valence-electron chi connectivity index (χ2n) is 4.46. The van der Waals surface area contributed by atoms with Gasteiger partial charge in [0.05, 0.1) is 10.8 Å². The molecule has 21 heavy (non-hydrogen) atoms. The summed E-state index contributed by atoms with van der Waals surface area (Å²) in [5.41, 5.74) is -0.0608. The summed E-state index contributed by atoms with van der Waals surface area (Å²) in [4.78, 5) is 29.5. The van der Waals surface area contributed by atoms with Crippen molar-refractivity contribution in [1.29, 1.82) is 0 Å². The van der Waals surface area contributed by atoms with E-state index >= 15 is 0 Å². The lowest BCUT2D eigenvalue weighted by atomic mass is 10.1. The lowest BCUT2D eigenvalue weighted by Crippen LogP contribution is -2.16. The van der Waals surface area contributed by atoms with E-state index in [1.165, 1.54) is 6.07 Å². The first-order chi connectivity index (χ1) is 9.97. The van der Waals surface area contributed by atoms with E-state index < -0.39 is 11.5 Å². The summed E-state index contributed by atoms with van der Waals surface area (Å²) < 4.78 is 5.18. The highest BCUT2D eigenvalue weighted by molar-refractivity contribution is 7.98. The van der Waals surface area contributed by atoms with Crippen molar-refractivity contribution in [2.75, 3.05) is 6.26 Å². The Morgan fingerprint density at radius 1 is 1.57 bits per heavy atom. The molecule has 0 saturated heterocycles. The van der Waals surface area contributed by atoms with Crippen LogP contribution in [-0.2, 0) is 0 Å². The van der Waals surface area contributed by atoms with Gasteiger partial charge in [0.2, 0.25) is 11.7 Å². The second kappa shape index (κ2) is 6.13. The molecule has 0 saturated carbocycles. The molecule has 0 amide bonds. The van der Waals surface area contributed by atoms with Crippen molar-refractivity contribution < 1.29 is 14.4 Å². The Balaban J connectivity index is 2.46. The molecule has 1 unspecified atom stereocenters. The largest absolute Gasteiger partial charge is 0.477 e. The van der Waals surface area contributed by atoms with Crippen LogP contribution in [0.1, 0.15) is 40.5 Å². The molecule has 0 aliphatic heterocycles. The fourth-order valence-corrected chi connectivity index (χ4v) is 2.57. The van der Waals surface area contributed by atoms with Crippen molar-refractivity contribution in [3.63, 3.8) is 0 Å². The minimum absolute atomic E-state index is 0.0738. The van der Waals surface area contributed by atoms with Gasteiger partial charge in [0.15, 0.2) is 0 Å². The van der Waals surface area contributed by atoms with E-state index in [0.29, 0.717) is 11.5 Å². The highest BCUT2D eigenvalue weighted by Gasteiger charge is 2.20. The van der Waals surface area contributed by atoms with Gasteiger partial charge in [-0.1, -0.05) is 12.1 Å². The van der Waals surface area contributed by atoms with Gasteiger partial charge in [-0.05, 0) is 31.2 Å². The lowest BCUT2D eigenvalue weighted by Gasteiger charge is -2.04. The summed E-state index contributed by atoms with van der Waals surface area (Å²) >= 11 is 1.59. The Morgan fingerprint density at radius 3 is 2.86 bits per heavy atom. The van der Waals surface area contributed by atoms with Crippen molar-refractivity contribution >= 4 is 17.7 Å². The van der Waals surface area contributed by atoms with Gasteiger partial charge in [-0.2, -0.15) is 16.7 Å². The molecule has 0 aliphatic rings. The Hall–Kier alpha value is -2.09. The lowest BCUT2D eigenvalue weighted by molar-refractivity contribution is 0.0689. The number of carboxylic acid groups (broad SMARTS) is 1. The maximum absolute atomic E-state index is 12.0. The maximum Gasteiger partial charge on any atom is 0.352 e. The van der Waals surface area contributed by atoms with Crippen molar-refractivity contribution in [2.24, 2.45) is 0 Å². The molecular weight excluding hydrogens is 294 g/mol. The van der Waals surface area contributed by atoms with E-state index in [4.69, 9.17) is 9.63 Å². The first-order valence-corrected chi connectivity index (χ1v) is 7.60. The zero-order chi connectivity index (χ0) is 15.6. The Morgan fingerprint density at radius 2 is 2.29 bits per heavy atom. The molecule has 0 spiro atoms. The summed E-state index contributed by atoms with van der Waals surface area (Å²) in [6, 6.07) is 1.46. The van der Waals surface area contributed by atoms with E-state index in [2.05, 4.69) is 15.1 Å². The highest BCUT2D eigenvalue weighted by atomic mass is 32.2. The number of carboxylic acids is 1. The number of aromatic nitrogens is 3. The van der Waals surface area contributed by atoms with Crippen LogP contribution in [0.25, 0.3) is 11.4 Å². The van der Waals surface area contributed by atoms with Crippen LogP contribution in [0.4, 0.5) is 0 Å². The van der Waals surface area contributed by atoms with Crippen LogP contribution in [-0.4, -0.2) is 32.5 Å². The summed E-state index contributed by atoms with van der Waals surface area (Å²) in [5, 5.41) is 12.9. The predicted molar refractivity (Wildman–Crippen MR) is 78.6 cm³/mol. The van der Waals surface area contributed by atoms with Crippen molar-refractivity contribution in [2.45, 2.75) is 25.5 Å². The Kier molecular flexibility index (Phi) is 4.46. The van der Waals surface area contributed by atoms with Crippen LogP contribution < -0.4 is 5.56 Å².